The van der Waals surface area contributed by atoms with Crippen LogP contribution in [0.3, 0.4) is 0 Å². The molecular weight excluding hydrogens is 282 g/mol. The van der Waals surface area contributed by atoms with Crippen molar-refractivity contribution in [2.45, 2.75) is 18.8 Å². The summed E-state index contributed by atoms with van der Waals surface area (Å²) < 4.78 is 0. The Bertz CT molecular complexity index is 656. The van der Waals surface area contributed by atoms with Crippen LogP contribution in [0.15, 0.2) is 30.3 Å². The van der Waals surface area contributed by atoms with Crippen LogP contribution >= 0.6 is 0 Å². The molecule has 114 valence electrons. The number of likely N-dealkylation sites (tertiary alicyclic amines) is 1. The number of rotatable bonds is 3. The first kappa shape index (κ1) is 13.5. The van der Waals surface area contributed by atoms with Crippen molar-refractivity contribution >= 4 is 17.8 Å². The second-order valence-electron chi connectivity index (χ2n) is 6.62. The molecule has 3 aliphatic rings. The molecule has 2 amide bonds. The largest absolute Gasteiger partial charge is 0.480 e. The highest BCUT2D eigenvalue weighted by Crippen LogP contribution is 2.61. The number of hydrogen-bond donors (Lipinski definition) is 1. The second kappa shape index (κ2) is 4.66. The Morgan fingerprint density at radius 3 is 2.45 bits per heavy atom. The average Bonchev–Trinajstić information content (AvgIpc) is 3.15. The van der Waals surface area contributed by atoms with Crippen molar-refractivity contribution < 1.29 is 19.5 Å². The van der Waals surface area contributed by atoms with Crippen LogP contribution in [0, 0.1) is 23.7 Å². The molecule has 22 heavy (non-hydrogen) atoms. The van der Waals surface area contributed by atoms with Gasteiger partial charge in [0, 0.05) is 0 Å². The minimum absolute atomic E-state index is 0.174. The van der Waals surface area contributed by atoms with Gasteiger partial charge in [-0.1, -0.05) is 30.3 Å². The highest BCUT2D eigenvalue weighted by molar-refractivity contribution is 6.07. The molecule has 4 rings (SSSR count). The maximum Gasteiger partial charge on any atom is 0.323 e. The fraction of sp³-hybridized carbons (Fsp3) is 0.471. The molecule has 1 aromatic carbocycles. The molecule has 0 unspecified atom stereocenters. The molecule has 0 spiro atoms. The Balaban J connectivity index is 1.64. The number of benzene rings is 1. The Labute approximate surface area is 127 Å². The third-order valence-electron chi connectivity index (χ3n) is 5.63. The maximum absolute atomic E-state index is 12.5. The van der Waals surface area contributed by atoms with E-state index in [1.54, 1.807) is 0 Å². The van der Waals surface area contributed by atoms with E-state index in [0.717, 1.165) is 17.7 Å². The van der Waals surface area contributed by atoms with Gasteiger partial charge in [0.1, 0.15) is 6.54 Å². The summed E-state index contributed by atoms with van der Waals surface area (Å²) in [5.41, 5.74) is 1.23. The van der Waals surface area contributed by atoms with E-state index in [0.29, 0.717) is 5.92 Å². The Morgan fingerprint density at radius 2 is 1.77 bits per heavy atom. The van der Waals surface area contributed by atoms with Crippen molar-refractivity contribution in [3.8, 4) is 0 Å². The predicted molar refractivity (Wildman–Crippen MR) is 76.7 cm³/mol. The van der Waals surface area contributed by atoms with Crippen LogP contribution in [-0.2, 0) is 14.4 Å². The Morgan fingerprint density at radius 1 is 1.09 bits per heavy atom. The summed E-state index contributed by atoms with van der Waals surface area (Å²) in [6, 6.07) is 10.1. The number of carbonyl (C=O) groups is 3. The molecule has 5 atom stereocenters. The first-order valence-electron chi connectivity index (χ1n) is 7.70. The van der Waals surface area contributed by atoms with Crippen LogP contribution in [0.4, 0.5) is 0 Å². The minimum Gasteiger partial charge on any atom is -0.480 e. The maximum atomic E-state index is 12.5. The topological polar surface area (TPSA) is 74.7 Å². The van der Waals surface area contributed by atoms with Crippen LogP contribution in [0.2, 0.25) is 0 Å². The molecule has 1 N–H and O–H groups in total. The molecule has 2 aliphatic carbocycles. The van der Waals surface area contributed by atoms with Crippen LogP contribution in [-0.4, -0.2) is 34.3 Å². The van der Waals surface area contributed by atoms with E-state index in [-0.39, 0.29) is 35.5 Å². The molecule has 5 nitrogen and oxygen atoms in total. The predicted octanol–water partition coefficient (Wildman–Crippen LogP) is 1.50. The van der Waals surface area contributed by atoms with Gasteiger partial charge in [-0.05, 0) is 36.2 Å². The quantitative estimate of drug-likeness (QED) is 0.858. The lowest BCUT2D eigenvalue weighted by molar-refractivity contribution is -0.149. The van der Waals surface area contributed by atoms with E-state index >= 15 is 0 Å². The zero-order valence-corrected chi connectivity index (χ0v) is 12.0. The molecule has 1 aromatic rings. The van der Waals surface area contributed by atoms with Gasteiger partial charge in [-0.15, -0.1) is 0 Å². The van der Waals surface area contributed by atoms with Gasteiger partial charge < -0.3 is 5.11 Å². The lowest BCUT2D eigenvalue weighted by Gasteiger charge is -2.28. The molecule has 2 saturated carbocycles. The first-order valence-corrected chi connectivity index (χ1v) is 7.70. The summed E-state index contributed by atoms with van der Waals surface area (Å²) in [6.45, 7) is -0.500. The van der Waals surface area contributed by atoms with E-state index in [1.165, 1.54) is 5.56 Å². The fourth-order valence-electron chi connectivity index (χ4n) is 4.90. The lowest BCUT2D eigenvalue weighted by atomic mass is 9.73. The zero-order chi connectivity index (χ0) is 15.4. The smallest absolute Gasteiger partial charge is 0.323 e. The molecule has 0 radical (unpaired) electrons. The number of aliphatic carboxylic acids is 1. The standard InChI is InChI=1S/C17H17NO4/c19-13(20)8-18-16(21)14-10-6-11(9-4-2-1-3-5-9)12(7-10)15(14)17(18)22/h1-5,10-12,14-15H,6-8H2,(H,19,20)/t10-,11+,12-,14-,15+/m1/s1. The fourth-order valence-corrected chi connectivity index (χ4v) is 4.90. The number of nitrogens with zero attached hydrogens (tertiary/aromatic N) is 1. The summed E-state index contributed by atoms with van der Waals surface area (Å²) >= 11 is 0. The summed E-state index contributed by atoms with van der Waals surface area (Å²) in [5.74, 6) is -1.56. The van der Waals surface area contributed by atoms with Gasteiger partial charge in [-0.25, -0.2) is 0 Å². The number of carboxylic acid groups (broad SMARTS) is 1. The van der Waals surface area contributed by atoms with Crippen molar-refractivity contribution in [2.75, 3.05) is 6.54 Å². The molecule has 0 aromatic heterocycles. The highest BCUT2D eigenvalue weighted by Gasteiger charge is 2.63. The molecule has 2 bridgehead atoms. The van der Waals surface area contributed by atoms with Gasteiger partial charge in [0.05, 0.1) is 11.8 Å². The van der Waals surface area contributed by atoms with Crippen LogP contribution in [0.5, 0.6) is 0 Å². The number of fused-ring (bicyclic) bond motifs is 5. The summed E-state index contributed by atoms with van der Waals surface area (Å²) in [4.78, 5) is 36.8. The van der Waals surface area contributed by atoms with Gasteiger partial charge >= 0.3 is 5.97 Å². The van der Waals surface area contributed by atoms with E-state index in [1.807, 2.05) is 18.2 Å². The molecular formula is C17H17NO4. The third-order valence-corrected chi connectivity index (χ3v) is 5.63. The van der Waals surface area contributed by atoms with E-state index in [2.05, 4.69) is 12.1 Å². The van der Waals surface area contributed by atoms with Gasteiger partial charge in [0.2, 0.25) is 11.8 Å². The Kier molecular flexibility index (Phi) is 2.86. The molecule has 1 heterocycles. The highest BCUT2D eigenvalue weighted by atomic mass is 16.4. The van der Waals surface area contributed by atoms with Crippen molar-refractivity contribution in [1.29, 1.82) is 0 Å². The van der Waals surface area contributed by atoms with Crippen molar-refractivity contribution in [3.63, 3.8) is 0 Å². The number of imide groups is 1. The third kappa shape index (κ3) is 1.74. The van der Waals surface area contributed by atoms with E-state index in [4.69, 9.17) is 5.11 Å². The SMILES string of the molecule is O=C(O)CN1C(=O)[C@@H]2[C@H]3C[C@@H]([C@@H]2C1=O)[C@H](c1ccccc1)C3. The van der Waals surface area contributed by atoms with Gasteiger partial charge in [0.25, 0.3) is 0 Å². The monoisotopic (exact) mass is 299 g/mol. The minimum atomic E-state index is -1.13. The molecule has 1 aliphatic heterocycles. The summed E-state index contributed by atoms with van der Waals surface area (Å²) in [6.07, 6.45) is 1.84. The van der Waals surface area contributed by atoms with Crippen molar-refractivity contribution in [2.24, 2.45) is 23.7 Å². The normalized spacial score (nSPS) is 36.0. The molecule has 5 heteroatoms. The van der Waals surface area contributed by atoms with Crippen molar-refractivity contribution in [3.05, 3.63) is 35.9 Å². The van der Waals surface area contributed by atoms with Crippen LogP contribution in [0.1, 0.15) is 24.3 Å². The van der Waals surface area contributed by atoms with E-state index < -0.39 is 12.5 Å². The van der Waals surface area contributed by atoms with E-state index in [9.17, 15) is 14.4 Å². The van der Waals surface area contributed by atoms with Gasteiger partial charge in [-0.2, -0.15) is 0 Å². The Hall–Kier alpha value is -2.17. The molecule has 3 fully saturated rings. The average molecular weight is 299 g/mol. The lowest BCUT2D eigenvalue weighted by Crippen LogP contribution is -2.37. The second-order valence-corrected chi connectivity index (χ2v) is 6.62. The van der Waals surface area contributed by atoms with Gasteiger partial charge in [-0.3, -0.25) is 19.3 Å². The van der Waals surface area contributed by atoms with Gasteiger partial charge in [0.15, 0.2) is 0 Å². The zero-order valence-electron chi connectivity index (χ0n) is 12.0. The summed E-state index contributed by atoms with van der Waals surface area (Å²) in [5, 5.41) is 8.90. The number of hydrogen-bond acceptors (Lipinski definition) is 3. The number of carboxylic acids is 1. The van der Waals surface area contributed by atoms with Crippen LogP contribution in [0.25, 0.3) is 0 Å². The number of carbonyl (C=O) groups excluding carboxylic acids is 2. The number of amides is 2. The van der Waals surface area contributed by atoms with Crippen molar-refractivity contribution in [1.82, 2.24) is 4.90 Å². The summed E-state index contributed by atoms with van der Waals surface area (Å²) in [7, 11) is 0. The molecule has 1 saturated heterocycles. The van der Waals surface area contributed by atoms with Crippen LogP contribution < -0.4 is 0 Å². The first-order chi connectivity index (χ1) is 10.6.